The Labute approximate surface area is 191 Å². The van der Waals surface area contributed by atoms with Gasteiger partial charge in [0.25, 0.3) is 0 Å². The predicted octanol–water partition coefficient (Wildman–Crippen LogP) is 5.54. The molecule has 1 amide bonds. The van der Waals surface area contributed by atoms with Crippen LogP contribution < -0.4 is 10.1 Å². The highest BCUT2D eigenvalue weighted by atomic mass is 32.1. The molecule has 2 aromatic heterocycles. The van der Waals surface area contributed by atoms with Crippen LogP contribution in [-0.2, 0) is 4.79 Å². The third-order valence-electron chi connectivity index (χ3n) is 5.50. The van der Waals surface area contributed by atoms with Crippen molar-refractivity contribution < 1.29 is 13.9 Å². The molecule has 1 aliphatic heterocycles. The van der Waals surface area contributed by atoms with Gasteiger partial charge in [0.1, 0.15) is 5.75 Å². The van der Waals surface area contributed by atoms with E-state index in [1.54, 1.807) is 29.7 Å². The number of hydrogen-bond acceptors (Lipinski definition) is 5. The van der Waals surface area contributed by atoms with E-state index in [1.807, 2.05) is 17.9 Å². The number of nitrogens with one attached hydrogen (secondary N) is 1. The van der Waals surface area contributed by atoms with E-state index in [-0.39, 0.29) is 17.5 Å². The van der Waals surface area contributed by atoms with Crippen LogP contribution in [0.4, 0.5) is 4.39 Å². The molecule has 0 aliphatic carbocycles. The smallest absolute Gasteiger partial charge is 0.224 e. The van der Waals surface area contributed by atoms with Crippen molar-refractivity contribution in [3.63, 3.8) is 0 Å². The first-order valence-electron chi connectivity index (χ1n) is 11.1. The number of aromatic nitrogens is 1. The number of hydrogen-bond donors (Lipinski definition) is 1. The number of rotatable bonds is 8. The van der Waals surface area contributed by atoms with Gasteiger partial charge in [-0.15, -0.1) is 11.3 Å². The second kappa shape index (κ2) is 10.2. The Bertz CT molecular complexity index is 1140. The van der Waals surface area contributed by atoms with Crippen molar-refractivity contribution in [2.45, 2.75) is 33.1 Å². The Balaban J connectivity index is 1.47. The first-order chi connectivity index (χ1) is 15.5. The Morgan fingerprint density at radius 1 is 1.25 bits per heavy atom. The first kappa shape index (κ1) is 22.4. The van der Waals surface area contributed by atoms with Crippen LogP contribution in [0.1, 0.15) is 36.6 Å². The highest BCUT2D eigenvalue weighted by molar-refractivity contribution is 7.20. The molecule has 0 saturated carbocycles. The summed E-state index contributed by atoms with van der Waals surface area (Å²) < 4.78 is 21.1. The Morgan fingerprint density at radius 3 is 2.88 bits per heavy atom. The quantitative estimate of drug-likeness (QED) is 0.455. The van der Waals surface area contributed by atoms with Crippen molar-refractivity contribution in [3.05, 3.63) is 58.9 Å². The Kier molecular flexibility index (Phi) is 7.17. The van der Waals surface area contributed by atoms with Crippen molar-refractivity contribution in [1.82, 2.24) is 15.2 Å². The maximum atomic E-state index is 14.3. The molecule has 0 radical (unpaired) electrons. The lowest BCUT2D eigenvalue weighted by Gasteiger charge is -2.26. The number of ether oxygens (including phenoxy) is 1. The number of amides is 1. The topological polar surface area (TPSA) is 54.5 Å². The number of thiophene rings is 1. The summed E-state index contributed by atoms with van der Waals surface area (Å²) in [7, 11) is 0. The summed E-state index contributed by atoms with van der Waals surface area (Å²) in [6, 6.07) is 8.77. The average molecular weight is 454 g/mol. The molecule has 0 unspecified atom stereocenters. The molecule has 1 aromatic carbocycles. The van der Waals surface area contributed by atoms with Crippen LogP contribution in [0.25, 0.3) is 15.8 Å². The van der Waals surface area contributed by atoms with Gasteiger partial charge >= 0.3 is 0 Å². The fourth-order valence-electron chi connectivity index (χ4n) is 3.74. The minimum Gasteiger partial charge on any atom is -0.453 e. The van der Waals surface area contributed by atoms with Crippen LogP contribution in [0.3, 0.4) is 0 Å². The van der Waals surface area contributed by atoms with E-state index in [9.17, 15) is 9.18 Å². The summed E-state index contributed by atoms with van der Waals surface area (Å²) in [5.74, 6) is 0.619. The lowest BCUT2D eigenvalue weighted by Crippen LogP contribution is -2.36. The lowest BCUT2D eigenvalue weighted by atomic mass is 10.1. The minimum atomic E-state index is -0.378. The van der Waals surface area contributed by atoms with Gasteiger partial charge in [0, 0.05) is 43.2 Å². The maximum absolute atomic E-state index is 14.3. The Hall–Kier alpha value is -2.77. The largest absolute Gasteiger partial charge is 0.453 e. The van der Waals surface area contributed by atoms with Gasteiger partial charge in [-0.2, -0.15) is 0 Å². The molecular formula is C25H28FN3O2S. The predicted molar refractivity (Wildman–Crippen MR) is 128 cm³/mol. The van der Waals surface area contributed by atoms with E-state index in [4.69, 9.17) is 4.74 Å². The highest BCUT2D eigenvalue weighted by Gasteiger charge is 2.20. The fraction of sp³-hybridized carbons (Fsp3) is 0.360. The van der Waals surface area contributed by atoms with Crippen molar-refractivity contribution >= 4 is 33.0 Å². The van der Waals surface area contributed by atoms with Crippen LogP contribution >= 0.6 is 11.3 Å². The molecule has 0 fully saturated rings. The number of carbonyl (C=O) groups is 1. The number of pyridine rings is 1. The number of fused-ring (bicyclic) bond motifs is 1. The normalized spacial score (nSPS) is 14.0. The monoisotopic (exact) mass is 453 g/mol. The Morgan fingerprint density at radius 2 is 2.12 bits per heavy atom. The molecule has 0 bridgehead atoms. The van der Waals surface area contributed by atoms with Gasteiger partial charge in [-0.3, -0.25) is 9.78 Å². The second-order valence-corrected chi connectivity index (χ2v) is 9.04. The van der Waals surface area contributed by atoms with Crippen LogP contribution in [0.15, 0.2) is 42.6 Å². The molecule has 3 aromatic rings. The number of carbonyl (C=O) groups excluding carboxylic acids is 1. The van der Waals surface area contributed by atoms with Gasteiger partial charge < -0.3 is 15.0 Å². The van der Waals surface area contributed by atoms with Gasteiger partial charge in [-0.1, -0.05) is 19.1 Å². The number of nitrogens with zero attached hydrogens (tertiary/aromatic N) is 2. The summed E-state index contributed by atoms with van der Waals surface area (Å²) in [6.45, 7) is 6.98. The third kappa shape index (κ3) is 5.16. The average Bonchev–Trinajstić information content (AvgIpc) is 3.24. The lowest BCUT2D eigenvalue weighted by molar-refractivity contribution is -0.130. The number of aryl methyl sites for hydroxylation is 1. The number of benzene rings is 1. The maximum Gasteiger partial charge on any atom is 0.224 e. The summed E-state index contributed by atoms with van der Waals surface area (Å²) >= 11 is 1.60. The van der Waals surface area contributed by atoms with Gasteiger partial charge in [-0.05, 0) is 55.6 Å². The minimum absolute atomic E-state index is 0.192. The van der Waals surface area contributed by atoms with E-state index >= 15 is 0 Å². The van der Waals surface area contributed by atoms with Crippen molar-refractivity contribution in [2.75, 3.05) is 26.2 Å². The molecular weight excluding hydrogens is 425 g/mol. The molecule has 5 nitrogen and oxygen atoms in total. The summed E-state index contributed by atoms with van der Waals surface area (Å²) in [4.78, 5) is 19.9. The zero-order valence-corrected chi connectivity index (χ0v) is 19.3. The van der Waals surface area contributed by atoms with Crippen molar-refractivity contribution in [1.29, 1.82) is 0 Å². The van der Waals surface area contributed by atoms with Gasteiger partial charge in [0.2, 0.25) is 5.91 Å². The van der Waals surface area contributed by atoms with Gasteiger partial charge in [0.05, 0.1) is 10.2 Å². The molecule has 0 saturated heterocycles. The van der Waals surface area contributed by atoms with Crippen LogP contribution in [-0.4, -0.2) is 42.0 Å². The molecule has 0 spiro atoms. The summed E-state index contributed by atoms with van der Waals surface area (Å²) in [5, 5.41) is 3.28. The fourth-order valence-corrected chi connectivity index (χ4v) is 4.87. The third-order valence-corrected chi connectivity index (χ3v) is 6.72. The molecule has 0 atom stereocenters. The van der Waals surface area contributed by atoms with E-state index in [2.05, 4.69) is 29.4 Å². The number of halogens is 1. The molecule has 168 valence electrons. The zero-order valence-electron chi connectivity index (χ0n) is 18.5. The summed E-state index contributed by atoms with van der Waals surface area (Å²) in [6.07, 6.45) is 6.23. The SMILES string of the molecule is CCCNCCC(=O)N1CC=C(c2cc3nccc(Oc4ccc(C)cc4F)c3s2)CC1. The molecule has 1 N–H and O–H groups in total. The van der Waals surface area contributed by atoms with E-state index in [0.717, 1.165) is 53.1 Å². The molecule has 4 rings (SSSR count). The zero-order chi connectivity index (χ0) is 22.5. The van der Waals surface area contributed by atoms with Gasteiger partial charge in [0.15, 0.2) is 11.6 Å². The van der Waals surface area contributed by atoms with Crippen LogP contribution in [0.2, 0.25) is 0 Å². The highest BCUT2D eigenvalue weighted by Crippen LogP contribution is 2.39. The van der Waals surface area contributed by atoms with E-state index in [0.29, 0.717) is 18.7 Å². The van der Waals surface area contributed by atoms with Crippen molar-refractivity contribution in [3.8, 4) is 11.5 Å². The van der Waals surface area contributed by atoms with Crippen LogP contribution in [0.5, 0.6) is 11.5 Å². The van der Waals surface area contributed by atoms with Crippen LogP contribution in [0, 0.1) is 12.7 Å². The van der Waals surface area contributed by atoms with Gasteiger partial charge in [-0.25, -0.2) is 4.39 Å². The summed E-state index contributed by atoms with van der Waals surface area (Å²) in [5.41, 5.74) is 2.90. The first-order valence-corrected chi connectivity index (χ1v) is 11.9. The second-order valence-electron chi connectivity index (χ2n) is 7.99. The molecule has 3 heterocycles. The molecule has 7 heteroatoms. The van der Waals surface area contributed by atoms with E-state index < -0.39 is 0 Å². The molecule has 32 heavy (non-hydrogen) atoms. The molecule has 1 aliphatic rings. The van der Waals surface area contributed by atoms with Crippen molar-refractivity contribution in [2.24, 2.45) is 0 Å². The van der Waals surface area contributed by atoms with E-state index in [1.165, 1.54) is 11.6 Å². The standard InChI is InChI=1S/C25H28FN3O2S/c1-3-10-27-11-7-24(30)29-13-8-18(9-14-29)23-16-20-25(32-23)22(6-12-28-20)31-21-5-4-17(2)15-19(21)26/h4-6,8,12,15-16,27H,3,7,9-11,13-14H2,1-2H3.